The highest BCUT2D eigenvalue weighted by Gasteiger charge is 2.03. The molecular weight excluding hydrogens is 383 g/mol. The molecule has 0 saturated heterocycles. The molecule has 0 unspecified atom stereocenters. The highest BCUT2D eigenvalue weighted by atomic mass is 127. The van der Waals surface area contributed by atoms with Crippen molar-refractivity contribution >= 4 is 50.1 Å². The zero-order valence-corrected chi connectivity index (χ0v) is 12.8. The number of benzene rings is 1. The van der Waals surface area contributed by atoms with Gasteiger partial charge in [0.15, 0.2) is 0 Å². The molecule has 0 N–H and O–H groups in total. The summed E-state index contributed by atoms with van der Waals surface area (Å²) in [5, 5.41) is 0. The zero-order valence-electron chi connectivity index (χ0n) is 9.09. The molecule has 0 fully saturated rings. The fourth-order valence-electron chi connectivity index (χ4n) is 1.19. The maximum Gasteiger partial charge on any atom is 0.331 e. The van der Waals surface area contributed by atoms with Crippen LogP contribution in [0.4, 0.5) is 0 Å². The molecule has 0 spiro atoms. The van der Waals surface area contributed by atoms with Crippen molar-refractivity contribution in [2.24, 2.45) is 0 Å². The first-order chi connectivity index (χ1) is 7.54. The Bertz CT molecular complexity index is 427. The lowest BCUT2D eigenvalue weighted by molar-refractivity contribution is -0.137. The number of allylic oxidation sites excluding steroid dienone is 1. The van der Waals surface area contributed by atoms with Gasteiger partial charge in [-0.15, -0.1) is 0 Å². The molecule has 0 aliphatic heterocycles. The molecule has 0 aliphatic carbocycles. The molecule has 1 aromatic rings. The maximum absolute atomic E-state index is 11.3. The summed E-state index contributed by atoms with van der Waals surface area (Å²) in [5.41, 5.74) is 1.93. The lowest BCUT2D eigenvalue weighted by atomic mass is 10.1. The standard InChI is InChI=1S/C12H12BrIO2/c1-3-16-12(15)6-8(2)9-4-5-10(13)11(14)7-9/h4-7H,3H2,1-2H3/b8-6-. The first-order valence-corrected chi connectivity index (χ1v) is 6.72. The number of rotatable bonds is 3. The topological polar surface area (TPSA) is 26.3 Å². The van der Waals surface area contributed by atoms with Gasteiger partial charge in [-0.3, -0.25) is 0 Å². The van der Waals surface area contributed by atoms with Crippen LogP contribution in [0.3, 0.4) is 0 Å². The summed E-state index contributed by atoms with van der Waals surface area (Å²) in [6.45, 7) is 4.10. The number of hydrogen-bond acceptors (Lipinski definition) is 2. The average molecular weight is 395 g/mol. The summed E-state index contributed by atoms with van der Waals surface area (Å²) < 4.78 is 7.04. The molecule has 4 heteroatoms. The molecule has 1 rings (SSSR count). The second kappa shape index (κ2) is 6.39. The summed E-state index contributed by atoms with van der Waals surface area (Å²) in [6.07, 6.45) is 1.52. The van der Waals surface area contributed by atoms with Gasteiger partial charge in [-0.25, -0.2) is 4.79 Å². The summed E-state index contributed by atoms with van der Waals surface area (Å²) in [7, 11) is 0. The Morgan fingerprint density at radius 2 is 2.25 bits per heavy atom. The number of halogens is 2. The fraction of sp³-hybridized carbons (Fsp3) is 0.250. The summed E-state index contributed by atoms with van der Waals surface area (Å²) in [4.78, 5) is 11.3. The number of carbonyl (C=O) groups excluding carboxylic acids is 1. The molecule has 86 valence electrons. The minimum Gasteiger partial charge on any atom is -0.463 e. The van der Waals surface area contributed by atoms with E-state index in [2.05, 4.69) is 38.5 Å². The maximum atomic E-state index is 11.3. The van der Waals surface area contributed by atoms with Crippen molar-refractivity contribution in [1.29, 1.82) is 0 Å². The fourth-order valence-corrected chi connectivity index (χ4v) is 1.95. The molecule has 16 heavy (non-hydrogen) atoms. The molecule has 0 aliphatic rings. The van der Waals surface area contributed by atoms with Crippen molar-refractivity contribution in [2.45, 2.75) is 13.8 Å². The third-order valence-electron chi connectivity index (χ3n) is 2.00. The van der Waals surface area contributed by atoms with E-state index in [4.69, 9.17) is 4.74 Å². The second-order valence-electron chi connectivity index (χ2n) is 3.21. The Hall–Kier alpha value is -0.360. The lowest BCUT2D eigenvalue weighted by Crippen LogP contribution is -2.00. The Balaban J connectivity index is 2.91. The number of carbonyl (C=O) groups is 1. The van der Waals surface area contributed by atoms with Crippen LogP contribution in [-0.2, 0) is 9.53 Å². The summed E-state index contributed by atoms with van der Waals surface area (Å²) in [6, 6.07) is 5.96. The van der Waals surface area contributed by atoms with E-state index >= 15 is 0 Å². The Morgan fingerprint density at radius 1 is 1.56 bits per heavy atom. The smallest absolute Gasteiger partial charge is 0.331 e. The third kappa shape index (κ3) is 3.90. The monoisotopic (exact) mass is 394 g/mol. The van der Waals surface area contributed by atoms with Crippen molar-refractivity contribution in [3.8, 4) is 0 Å². The van der Waals surface area contributed by atoms with Gasteiger partial charge >= 0.3 is 5.97 Å². The van der Waals surface area contributed by atoms with E-state index in [1.807, 2.05) is 25.1 Å². The van der Waals surface area contributed by atoms with E-state index in [0.29, 0.717) is 6.61 Å². The van der Waals surface area contributed by atoms with Gasteiger partial charge in [-0.2, -0.15) is 0 Å². The number of ether oxygens (including phenoxy) is 1. The van der Waals surface area contributed by atoms with E-state index in [0.717, 1.165) is 19.2 Å². The molecular formula is C12H12BrIO2. The van der Waals surface area contributed by atoms with Crippen LogP contribution < -0.4 is 0 Å². The van der Waals surface area contributed by atoms with Crippen molar-refractivity contribution in [1.82, 2.24) is 0 Å². The molecule has 0 atom stereocenters. The first kappa shape index (κ1) is 13.7. The van der Waals surface area contributed by atoms with E-state index in [1.165, 1.54) is 6.08 Å². The molecule has 0 radical (unpaired) electrons. The molecule has 1 aromatic carbocycles. The Morgan fingerprint density at radius 3 is 2.81 bits per heavy atom. The largest absolute Gasteiger partial charge is 0.463 e. The minimum absolute atomic E-state index is 0.294. The van der Waals surface area contributed by atoms with Crippen LogP contribution in [0.2, 0.25) is 0 Å². The second-order valence-corrected chi connectivity index (χ2v) is 5.22. The number of hydrogen-bond donors (Lipinski definition) is 0. The number of esters is 1. The van der Waals surface area contributed by atoms with Gasteiger partial charge in [0.05, 0.1) is 6.61 Å². The molecule has 2 nitrogen and oxygen atoms in total. The van der Waals surface area contributed by atoms with Gasteiger partial charge in [0.25, 0.3) is 0 Å². The Labute approximate surface area is 117 Å². The van der Waals surface area contributed by atoms with Crippen LogP contribution in [0, 0.1) is 3.57 Å². The van der Waals surface area contributed by atoms with Gasteiger partial charge in [-0.05, 0) is 75.6 Å². The molecule has 0 heterocycles. The Kier molecular flexibility index (Phi) is 5.48. The quantitative estimate of drug-likeness (QED) is 0.439. The van der Waals surface area contributed by atoms with Crippen molar-refractivity contribution in [3.63, 3.8) is 0 Å². The van der Waals surface area contributed by atoms with Crippen LogP contribution in [0.15, 0.2) is 28.7 Å². The molecule has 0 aromatic heterocycles. The highest BCUT2D eigenvalue weighted by molar-refractivity contribution is 14.1. The lowest BCUT2D eigenvalue weighted by Gasteiger charge is -2.04. The van der Waals surface area contributed by atoms with Gasteiger partial charge in [0.1, 0.15) is 0 Å². The predicted octanol–water partition coefficient (Wildman–Crippen LogP) is 4.02. The first-order valence-electron chi connectivity index (χ1n) is 4.85. The van der Waals surface area contributed by atoms with Crippen LogP contribution in [0.5, 0.6) is 0 Å². The normalized spacial score (nSPS) is 11.4. The van der Waals surface area contributed by atoms with Crippen LogP contribution in [0.1, 0.15) is 19.4 Å². The molecule has 0 bridgehead atoms. The SMILES string of the molecule is CCOC(=O)/C=C(/C)c1ccc(Br)c(I)c1. The minimum atomic E-state index is -0.294. The van der Waals surface area contributed by atoms with Crippen LogP contribution >= 0.6 is 38.5 Å². The van der Waals surface area contributed by atoms with Crippen LogP contribution in [-0.4, -0.2) is 12.6 Å². The summed E-state index contributed by atoms with van der Waals surface area (Å²) >= 11 is 5.68. The van der Waals surface area contributed by atoms with Gasteiger partial charge in [0.2, 0.25) is 0 Å². The summed E-state index contributed by atoms with van der Waals surface area (Å²) in [5.74, 6) is -0.294. The van der Waals surface area contributed by atoms with Gasteiger partial charge in [0, 0.05) is 14.1 Å². The van der Waals surface area contributed by atoms with Crippen LogP contribution in [0.25, 0.3) is 5.57 Å². The van der Waals surface area contributed by atoms with E-state index < -0.39 is 0 Å². The zero-order chi connectivity index (χ0) is 12.1. The third-order valence-corrected chi connectivity index (χ3v) is 4.32. The average Bonchev–Trinajstić information content (AvgIpc) is 2.22. The predicted molar refractivity (Wildman–Crippen MR) is 77.1 cm³/mol. The molecule has 0 amide bonds. The van der Waals surface area contributed by atoms with Crippen molar-refractivity contribution in [2.75, 3.05) is 6.61 Å². The van der Waals surface area contributed by atoms with E-state index in [1.54, 1.807) is 6.92 Å². The van der Waals surface area contributed by atoms with E-state index in [-0.39, 0.29) is 5.97 Å². The van der Waals surface area contributed by atoms with Crippen molar-refractivity contribution in [3.05, 3.63) is 37.9 Å². The van der Waals surface area contributed by atoms with Gasteiger partial charge < -0.3 is 4.74 Å². The van der Waals surface area contributed by atoms with Crippen molar-refractivity contribution < 1.29 is 9.53 Å². The highest BCUT2D eigenvalue weighted by Crippen LogP contribution is 2.23. The van der Waals surface area contributed by atoms with E-state index in [9.17, 15) is 4.79 Å². The molecule has 0 saturated carbocycles. The van der Waals surface area contributed by atoms with Gasteiger partial charge in [-0.1, -0.05) is 6.07 Å².